The van der Waals surface area contributed by atoms with Gasteiger partial charge in [0.1, 0.15) is 11.5 Å². The fourth-order valence-corrected chi connectivity index (χ4v) is 1.99. The number of amides is 1. The van der Waals surface area contributed by atoms with E-state index in [1.54, 1.807) is 18.2 Å². The summed E-state index contributed by atoms with van der Waals surface area (Å²) in [5, 5.41) is 3.00. The quantitative estimate of drug-likeness (QED) is 0.838. The van der Waals surface area contributed by atoms with Gasteiger partial charge in [-0.15, -0.1) is 12.4 Å². The Morgan fingerprint density at radius 2 is 2.11 bits per heavy atom. The molecular formula is C12H19ClN4O. The molecule has 3 N–H and O–H groups in total. The van der Waals surface area contributed by atoms with E-state index in [0.29, 0.717) is 11.5 Å². The molecule has 1 aliphatic rings. The molecule has 18 heavy (non-hydrogen) atoms. The van der Waals surface area contributed by atoms with Crippen LogP contribution in [0.25, 0.3) is 0 Å². The summed E-state index contributed by atoms with van der Waals surface area (Å²) in [6.45, 7) is 2.05. The predicted molar refractivity (Wildman–Crippen MR) is 73.9 cm³/mol. The zero-order chi connectivity index (χ0) is 12.3. The van der Waals surface area contributed by atoms with E-state index in [-0.39, 0.29) is 24.4 Å². The van der Waals surface area contributed by atoms with Crippen LogP contribution < -0.4 is 11.1 Å². The molecule has 2 heterocycles. The fraction of sp³-hybridized carbons (Fsp3) is 0.500. The molecule has 0 aromatic carbocycles. The van der Waals surface area contributed by atoms with Gasteiger partial charge in [0.05, 0.1) is 0 Å². The summed E-state index contributed by atoms with van der Waals surface area (Å²) >= 11 is 0. The van der Waals surface area contributed by atoms with Gasteiger partial charge in [-0.3, -0.25) is 4.79 Å². The van der Waals surface area contributed by atoms with E-state index in [1.165, 1.54) is 0 Å². The lowest BCUT2D eigenvalue weighted by molar-refractivity contribution is 0.0912. The van der Waals surface area contributed by atoms with E-state index in [2.05, 4.69) is 22.2 Å². The van der Waals surface area contributed by atoms with Gasteiger partial charge in [-0.05, 0) is 45.1 Å². The number of carbonyl (C=O) groups excluding carboxylic acids is 1. The zero-order valence-electron chi connectivity index (χ0n) is 10.4. The van der Waals surface area contributed by atoms with Crippen molar-refractivity contribution in [3.63, 3.8) is 0 Å². The molecule has 1 saturated heterocycles. The normalized spacial score (nSPS) is 16.9. The zero-order valence-corrected chi connectivity index (χ0v) is 11.2. The third kappa shape index (κ3) is 3.85. The fourth-order valence-electron chi connectivity index (χ4n) is 1.99. The number of carbonyl (C=O) groups is 1. The number of aromatic nitrogens is 1. The molecular weight excluding hydrogens is 252 g/mol. The van der Waals surface area contributed by atoms with Gasteiger partial charge in [0.2, 0.25) is 0 Å². The summed E-state index contributed by atoms with van der Waals surface area (Å²) < 4.78 is 0. The lowest BCUT2D eigenvalue weighted by atomic mass is 10.1. The van der Waals surface area contributed by atoms with Gasteiger partial charge < -0.3 is 16.0 Å². The van der Waals surface area contributed by atoms with Gasteiger partial charge in [-0.2, -0.15) is 0 Å². The largest absolute Gasteiger partial charge is 0.384 e. The Kier molecular flexibility index (Phi) is 5.37. The molecule has 0 unspecified atom stereocenters. The van der Waals surface area contributed by atoms with Crippen LogP contribution in [0.3, 0.4) is 0 Å². The number of halogens is 1. The maximum absolute atomic E-state index is 11.9. The first-order valence-electron chi connectivity index (χ1n) is 5.87. The van der Waals surface area contributed by atoms with Crippen LogP contribution in [0.1, 0.15) is 23.3 Å². The number of nitrogens with one attached hydrogen (secondary N) is 1. The van der Waals surface area contributed by atoms with Crippen molar-refractivity contribution >= 4 is 24.1 Å². The smallest absolute Gasteiger partial charge is 0.270 e. The van der Waals surface area contributed by atoms with E-state index in [4.69, 9.17) is 5.73 Å². The molecule has 5 nitrogen and oxygen atoms in total. The topological polar surface area (TPSA) is 71.2 Å². The van der Waals surface area contributed by atoms with Crippen molar-refractivity contribution in [2.75, 3.05) is 25.9 Å². The maximum atomic E-state index is 11.9. The van der Waals surface area contributed by atoms with E-state index in [9.17, 15) is 4.79 Å². The van der Waals surface area contributed by atoms with E-state index >= 15 is 0 Å². The van der Waals surface area contributed by atoms with Gasteiger partial charge in [0, 0.05) is 6.04 Å². The third-order valence-corrected chi connectivity index (χ3v) is 3.06. The minimum Gasteiger partial charge on any atom is -0.384 e. The summed E-state index contributed by atoms with van der Waals surface area (Å²) in [4.78, 5) is 18.2. The molecule has 6 heteroatoms. The second-order valence-electron chi connectivity index (χ2n) is 4.50. The van der Waals surface area contributed by atoms with E-state index in [0.717, 1.165) is 25.9 Å². The summed E-state index contributed by atoms with van der Waals surface area (Å²) in [6, 6.07) is 5.35. The average Bonchev–Trinajstić information content (AvgIpc) is 2.32. The number of pyridine rings is 1. The van der Waals surface area contributed by atoms with Gasteiger partial charge in [0.25, 0.3) is 5.91 Å². The SMILES string of the molecule is CN1CCC(NC(=O)c2cccc(N)n2)CC1.Cl. The monoisotopic (exact) mass is 270 g/mol. The van der Waals surface area contributed by atoms with Gasteiger partial charge in [-0.25, -0.2) is 4.98 Å². The number of nitrogen functional groups attached to an aromatic ring is 1. The number of nitrogens with two attached hydrogens (primary N) is 1. The molecule has 0 aliphatic carbocycles. The van der Waals surface area contributed by atoms with Crippen molar-refractivity contribution in [3.8, 4) is 0 Å². The highest BCUT2D eigenvalue weighted by molar-refractivity contribution is 5.92. The standard InChI is InChI=1S/C12H18N4O.ClH/c1-16-7-5-9(6-8-16)14-12(17)10-3-2-4-11(13)15-10;/h2-4,9H,5-8H2,1H3,(H2,13,15)(H,14,17);1H. The van der Waals surface area contributed by atoms with Crippen molar-refractivity contribution in [2.45, 2.75) is 18.9 Å². The Morgan fingerprint density at radius 1 is 1.44 bits per heavy atom. The minimum absolute atomic E-state index is 0. The molecule has 1 aromatic heterocycles. The molecule has 0 spiro atoms. The second-order valence-corrected chi connectivity index (χ2v) is 4.50. The third-order valence-electron chi connectivity index (χ3n) is 3.06. The van der Waals surface area contributed by atoms with Crippen molar-refractivity contribution in [1.82, 2.24) is 15.2 Å². The Hall–Kier alpha value is -1.33. The summed E-state index contributed by atoms with van der Waals surface area (Å²) in [7, 11) is 2.09. The van der Waals surface area contributed by atoms with Crippen molar-refractivity contribution in [3.05, 3.63) is 23.9 Å². The van der Waals surface area contributed by atoms with Crippen LogP contribution >= 0.6 is 12.4 Å². The van der Waals surface area contributed by atoms with Crippen LogP contribution in [0.5, 0.6) is 0 Å². The molecule has 1 fully saturated rings. The first kappa shape index (κ1) is 14.7. The second kappa shape index (κ2) is 6.56. The van der Waals surface area contributed by atoms with Crippen LogP contribution in [0, 0.1) is 0 Å². The molecule has 0 atom stereocenters. The summed E-state index contributed by atoms with van der Waals surface area (Å²) in [6.07, 6.45) is 1.98. The lowest BCUT2D eigenvalue weighted by Gasteiger charge is -2.29. The maximum Gasteiger partial charge on any atom is 0.270 e. The molecule has 2 rings (SSSR count). The van der Waals surface area contributed by atoms with Gasteiger partial charge in [-0.1, -0.05) is 6.07 Å². The Balaban J connectivity index is 0.00000162. The van der Waals surface area contributed by atoms with Crippen LogP contribution in [-0.2, 0) is 0 Å². The molecule has 100 valence electrons. The molecule has 1 aromatic rings. The molecule has 0 radical (unpaired) electrons. The number of anilines is 1. The van der Waals surface area contributed by atoms with Crippen molar-refractivity contribution < 1.29 is 4.79 Å². The highest BCUT2D eigenvalue weighted by Crippen LogP contribution is 2.09. The Morgan fingerprint density at radius 3 is 2.72 bits per heavy atom. The molecule has 1 aliphatic heterocycles. The van der Waals surface area contributed by atoms with Gasteiger partial charge >= 0.3 is 0 Å². The number of piperidine rings is 1. The number of rotatable bonds is 2. The molecule has 0 bridgehead atoms. The molecule has 0 saturated carbocycles. The Labute approximate surface area is 113 Å². The first-order valence-corrected chi connectivity index (χ1v) is 5.87. The number of hydrogen-bond acceptors (Lipinski definition) is 4. The van der Waals surface area contributed by atoms with Crippen LogP contribution in [0.2, 0.25) is 0 Å². The first-order chi connectivity index (χ1) is 8.15. The summed E-state index contributed by atoms with van der Waals surface area (Å²) in [5.41, 5.74) is 5.94. The molecule has 1 amide bonds. The van der Waals surface area contributed by atoms with Crippen LogP contribution in [0.4, 0.5) is 5.82 Å². The number of hydrogen-bond donors (Lipinski definition) is 2. The average molecular weight is 271 g/mol. The van der Waals surface area contributed by atoms with Gasteiger partial charge in [0.15, 0.2) is 0 Å². The highest BCUT2D eigenvalue weighted by Gasteiger charge is 2.19. The Bertz CT molecular complexity index is 405. The highest BCUT2D eigenvalue weighted by atomic mass is 35.5. The van der Waals surface area contributed by atoms with Crippen LogP contribution in [-0.4, -0.2) is 42.0 Å². The van der Waals surface area contributed by atoms with Crippen molar-refractivity contribution in [1.29, 1.82) is 0 Å². The minimum atomic E-state index is -0.133. The summed E-state index contributed by atoms with van der Waals surface area (Å²) in [5.74, 6) is 0.243. The lowest BCUT2D eigenvalue weighted by Crippen LogP contribution is -2.43. The predicted octanol–water partition coefficient (Wildman–Crippen LogP) is 0.910. The number of likely N-dealkylation sites (tertiary alicyclic amines) is 1. The van der Waals surface area contributed by atoms with Crippen LogP contribution in [0.15, 0.2) is 18.2 Å². The van der Waals surface area contributed by atoms with E-state index < -0.39 is 0 Å². The van der Waals surface area contributed by atoms with Crippen molar-refractivity contribution in [2.24, 2.45) is 0 Å². The number of nitrogens with zero attached hydrogens (tertiary/aromatic N) is 2. The van der Waals surface area contributed by atoms with E-state index in [1.807, 2.05) is 0 Å².